The van der Waals surface area contributed by atoms with Crippen molar-refractivity contribution in [2.75, 3.05) is 0 Å². The van der Waals surface area contributed by atoms with Crippen LogP contribution in [-0.4, -0.2) is 24.2 Å². The number of hydrogen-bond acceptors (Lipinski definition) is 4. The van der Waals surface area contributed by atoms with Crippen molar-refractivity contribution >= 4 is 11.9 Å². The molecule has 4 nitrogen and oxygen atoms in total. The van der Waals surface area contributed by atoms with Crippen molar-refractivity contribution < 1.29 is 32.2 Å². The number of halogens is 3. The second-order valence-electron chi connectivity index (χ2n) is 6.49. The summed E-state index contributed by atoms with van der Waals surface area (Å²) in [5.41, 5.74) is 0.269. The molecule has 1 atom stereocenters. The first-order chi connectivity index (χ1) is 13.8. The maximum atomic E-state index is 13.1. The summed E-state index contributed by atoms with van der Waals surface area (Å²) >= 11 is 0. The molecule has 0 fully saturated rings. The summed E-state index contributed by atoms with van der Waals surface area (Å²) in [5, 5.41) is 0. The predicted octanol–water partition coefficient (Wildman–Crippen LogP) is 5.76. The molecule has 2 aromatic rings. The maximum absolute atomic E-state index is 13.1. The molecule has 0 amide bonds. The molecule has 0 aliphatic carbocycles. The zero-order chi connectivity index (χ0) is 21.3. The van der Waals surface area contributed by atoms with Crippen molar-refractivity contribution in [3.8, 4) is 5.75 Å². The predicted molar refractivity (Wildman–Crippen MR) is 101 cm³/mol. The van der Waals surface area contributed by atoms with Gasteiger partial charge in [-0.3, -0.25) is 0 Å². The molecule has 7 heteroatoms. The molecule has 1 unspecified atom stereocenters. The molecule has 0 saturated heterocycles. The van der Waals surface area contributed by atoms with E-state index in [1.807, 2.05) is 6.92 Å². The van der Waals surface area contributed by atoms with Crippen LogP contribution in [0, 0.1) is 6.07 Å². The minimum absolute atomic E-state index is 0.0538. The first-order valence-corrected chi connectivity index (χ1v) is 9.37. The number of rotatable bonds is 9. The van der Waals surface area contributed by atoms with Gasteiger partial charge < -0.3 is 9.47 Å². The third-order valence-electron chi connectivity index (χ3n) is 4.19. The molecule has 0 N–H and O–H groups in total. The van der Waals surface area contributed by atoms with Crippen molar-refractivity contribution in [3.05, 3.63) is 65.7 Å². The first kappa shape index (κ1) is 22.5. The second kappa shape index (κ2) is 10.6. The molecule has 2 aromatic carbocycles. The lowest BCUT2D eigenvalue weighted by Gasteiger charge is -2.20. The molecule has 0 saturated carbocycles. The van der Waals surface area contributed by atoms with Crippen molar-refractivity contribution in [2.45, 2.75) is 51.3 Å². The number of carbonyl (C=O) groups excluding carboxylic acids is 2. The standard InChI is InChI=1S/C22H22F3O4/c1-2-3-4-8-11-19(22(23,24)25)29-21(27)17-12-14-18(15-13-17)28-20(26)16-9-6-5-7-10-16/h6-7,9-10,12-15,19H,2-4,8,11H2,1H3. The molecule has 0 bridgehead atoms. The Kier molecular flexibility index (Phi) is 8.24. The topological polar surface area (TPSA) is 52.6 Å². The van der Waals surface area contributed by atoms with Crippen LogP contribution in [0.3, 0.4) is 0 Å². The van der Waals surface area contributed by atoms with E-state index in [2.05, 4.69) is 6.07 Å². The second-order valence-corrected chi connectivity index (χ2v) is 6.49. The van der Waals surface area contributed by atoms with Crippen LogP contribution in [-0.2, 0) is 4.74 Å². The van der Waals surface area contributed by atoms with Gasteiger partial charge in [-0.2, -0.15) is 13.2 Å². The Morgan fingerprint density at radius 2 is 1.55 bits per heavy atom. The van der Waals surface area contributed by atoms with Gasteiger partial charge in [0.2, 0.25) is 0 Å². The van der Waals surface area contributed by atoms with Gasteiger partial charge in [0.25, 0.3) is 0 Å². The van der Waals surface area contributed by atoms with E-state index in [0.29, 0.717) is 18.4 Å². The zero-order valence-electron chi connectivity index (χ0n) is 16.0. The highest BCUT2D eigenvalue weighted by molar-refractivity contribution is 5.92. The van der Waals surface area contributed by atoms with Gasteiger partial charge in [0.15, 0.2) is 6.10 Å². The highest BCUT2D eigenvalue weighted by Gasteiger charge is 2.42. The van der Waals surface area contributed by atoms with Gasteiger partial charge in [0, 0.05) is 0 Å². The summed E-state index contributed by atoms with van der Waals surface area (Å²) in [6.45, 7) is 1.96. The van der Waals surface area contributed by atoms with Gasteiger partial charge in [-0.25, -0.2) is 9.59 Å². The zero-order valence-corrected chi connectivity index (χ0v) is 16.0. The Morgan fingerprint density at radius 1 is 0.931 bits per heavy atom. The van der Waals surface area contributed by atoms with Crippen LogP contribution in [0.15, 0.2) is 48.5 Å². The fourth-order valence-corrected chi connectivity index (χ4v) is 2.59. The smallest absolute Gasteiger partial charge is 0.425 e. The molecule has 1 radical (unpaired) electrons. The van der Waals surface area contributed by atoms with Crippen LogP contribution in [0.2, 0.25) is 0 Å². The number of hydrogen-bond donors (Lipinski definition) is 0. The summed E-state index contributed by atoms with van der Waals surface area (Å²) in [4.78, 5) is 24.1. The highest BCUT2D eigenvalue weighted by Crippen LogP contribution is 2.28. The minimum Gasteiger partial charge on any atom is -0.449 e. The lowest BCUT2D eigenvalue weighted by molar-refractivity contribution is -0.206. The van der Waals surface area contributed by atoms with E-state index in [-0.39, 0.29) is 17.7 Å². The number of benzene rings is 2. The molecule has 29 heavy (non-hydrogen) atoms. The molecule has 0 aromatic heterocycles. The molecular weight excluding hydrogens is 385 g/mol. The van der Waals surface area contributed by atoms with E-state index in [1.165, 1.54) is 36.4 Å². The third kappa shape index (κ3) is 7.25. The van der Waals surface area contributed by atoms with Gasteiger partial charge in [-0.1, -0.05) is 38.3 Å². The summed E-state index contributed by atoms with van der Waals surface area (Å²) in [6.07, 6.45) is -4.31. The fourth-order valence-electron chi connectivity index (χ4n) is 2.59. The average molecular weight is 407 g/mol. The van der Waals surface area contributed by atoms with Gasteiger partial charge in [-0.15, -0.1) is 0 Å². The first-order valence-electron chi connectivity index (χ1n) is 9.37. The quantitative estimate of drug-likeness (QED) is 0.301. The number of carbonyl (C=O) groups is 2. The molecular formula is C22H22F3O4. The van der Waals surface area contributed by atoms with Gasteiger partial charge >= 0.3 is 18.1 Å². The Bertz CT molecular complexity index is 786. The molecule has 0 aliphatic rings. The normalized spacial score (nSPS) is 12.3. The van der Waals surface area contributed by atoms with Crippen LogP contribution < -0.4 is 4.74 Å². The molecule has 0 heterocycles. The fraction of sp³-hybridized carbons (Fsp3) is 0.364. The third-order valence-corrected chi connectivity index (χ3v) is 4.19. The van der Waals surface area contributed by atoms with Gasteiger partial charge in [-0.05, 0) is 55.3 Å². The summed E-state index contributed by atoms with van der Waals surface area (Å²) in [6, 6.07) is 14.1. The van der Waals surface area contributed by atoms with E-state index in [4.69, 9.17) is 9.47 Å². The summed E-state index contributed by atoms with van der Waals surface area (Å²) in [5.74, 6) is -1.51. The summed E-state index contributed by atoms with van der Waals surface area (Å²) in [7, 11) is 0. The Balaban J connectivity index is 1.96. The monoisotopic (exact) mass is 407 g/mol. The number of alkyl halides is 3. The van der Waals surface area contributed by atoms with Crippen LogP contribution in [0.5, 0.6) is 5.75 Å². The lowest BCUT2D eigenvalue weighted by Crippen LogP contribution is -2.33. The Labute approximate surface area is 167 Å². The molecule has 0 spiro atoms. The molecule has 0 aliphatic heterocycles. The van der Waals surface area contributed by atoms with E-state index >= 15 is 0 Å². The average Bonchev–Trinajstić information content (AvgIpc) is 2.70. The van der Waals surface area contributed by atoms with Crippen LogP contribution in [0.25, 0.3) is 0 Å². The number of ether oxygens (including phenoxy) is 2. The van der Waals surface area contributed by atoms with Crippen molar-refractivity contribution in [1.82, 2.24) is 0 Å². The summed E-state index contributed by atoms with van der Waals surface area (Å²) < 4.78 is 49.3. The molecule has 2 rings (SSSR count). The largest absolute Gasteiger partial charge is 0.449 e. The van der Waals surface area contributed by atoms with Gasteiger partial charge in [0.05, 0.1) is 11.1 Å². The number of esters is 2. The van der Waals surface area contributed by atoms with E-state index in [9.17, 15) is 22.8 Å². The Hall–Kier alpha value is -2.83. The van der Waals surface area contributed by atoms with Crippen LogP contribution in [0.1, 0.15) is 59.7 Å². The van der Waals surface area contributed by atoms with Crippen LogP contribution in [0.4, 0.5) is 13.2 Å². The van der Waals surface area contributed by atoms with Crippen molar-refractivity contribution in [3.63, 3.8) is 0 Å². The van der Waals surface area contributed by atoms with Crippen molar-refractivity contribution in [1.29, 1.82) is 0 Å². The SMILES string of the molecule is CCCCCCC(OC(=O)c1ccc(OC(=O)c2cc[c]cc2)cc1)C(F)(F)F. The van der Waals surface area contributed by atoms with Crippen molar-refractivity contribution in [2.24, 2.45) is 0 Å². The lowest BCUT2D eigenvalue weighted by atomic mass is 10.1. The maximum Gasteiger partial charge on any atom is 0.425 e. The highest BCUT2D eigenvalue weighted by atomic mass is 19.4. The van der Waals surface area contributed by atoms with E-state index in [0.717, 1.165) is 12.8 Å². The van der Waals surface area contributed by atoms with Gasteiger partial charge in [0.1, 0.15) is 5.75 Å². The van der Waals surface area contributed by atoms with E-state index in [1.54, 1.807) is 12.1 Å². The number of unbranched alkanes of at least 4 members (excludes halogenated alkanes) is 3. The molecule has 155 valence electrons. The Morgan fingerprint density at radius 3 is 2.14 bits per heavy atom. The minimum atomic E-state index is -4.62. The van der Waals surface area contributed by atoms with E-state index < -0.39 is 24.2 Å². The van der Waals surface area contributed by atoms with Crippen LogP contribution >= 0.6 is 0 Å².